The van der Waals surface area contributed by atoms with Crippen LogP contribution in [0.25, 0.3) is 21.0 Å². The van der Waals surface area contributed by atoms with Crippen LogP contribution in [0, 0.1) is 71.7 Å². The molecule has 2 aliphatic carbocycles. The minimum absolute atomic E-state index is 0. The summed E-state index contributed by atoms with van der Waals surface area (Å²) in [7, 11) is 0. The number of aromatic nitrogens is 1. The van der Waals surface area contributed by atoms with Gasteiger partial charge in [0.1, 0.15) is 34.5 Å². The molecule has 0 aliphatic heterocycles. The molecule has 17 nitrogen and oxygen atoms in total. The van der Waals surface area contributed by atoms with Crippen molar-refractivity contribution in [3.63, 3.8) is 0 Å². The Balaban J connectivity index is 0.00000523. The summed E-state index contributed by atoms with van der Waals surface area (Å²) in [5.41, 5.74) is 0.998. The van der Waals surface area contributed by atoms with Crippen LogP contribution < -0.4 is 33.4 Å². The fourth-order valence-corrected chi connectivity index (χ4v) is 11.0. The Morgan fingerprint density at radius 2 is 0.989 bits per heavy atom. The highest BCUT2D eigenvalue weighted by Gasteiger charge is 2.35. The van der Waals surface area contributed by atoms with Crippen molar-refractivity contribution in [1.29, 1.82) is 0 Å². The average Bonchev–Trinajstić information content (AvgIpc) is 0.871. The molecule has 0 radical (unpaired) electrons. The zero-order valence-electron chi connectivity index (χ0n) is 50.0. The first-order valence-corrected chi connectivity index (χ1v) is 30.9. The quantitative estimate of drug-likeness (QED) is 0.00626. The van der Waals surface area contributed by atoms with Gasteiger partial charge in [0.2, 0.25) is 5.13 Å². The third kappa shape index (κ3) is 20.2. The van der Waals surface area contributed by atoms with E-state index in [4.69, 9.17) is 54.4 Å². The van der Waals surface area contributed by atoms with Crippen molar-refractivity contribution in [2.24, 2.45) is 28.8 Å². The van der Waals surface area contributed by atoms with Gasteiger partial charge < -0.3 is 37.9 Å². The molecule has 2 fully saturated rings. The number of ether oxygens (including phenoxy) is 8. The number of para-hydroxylation sites is 1. The summed E-state index contributed by atoms with van der Waals surface area (Å²) in [6, 6.07) is 33.0. The van der Waals surface area contributed by atoms with E-state index in [1.807, 2.05) is 24.3 Å². The molecule has 0 bridgehead atoms. The van der Waals surface area contributed by atoms with Crippen molar-refractivity contribution in [1.82, 2.24) is 4.98 Å². The van der Waals surface area contributed by atoms with E-state index in [9.17, 15) is 28.8 Å². The maximum absolute atomic E-state index is 14.4. The molecular formula is C72H81N3O14S. The van der Waals surface area contributed by atoms with Crippen LogP contribution in [0.15, 0.2) is 134 Å². The molecule has 0 spiro atoms. The minimum Gasteiger partial charge on any atom is -0.494 e. The first-order valence-electron chi connectivity index (χ1n) is 30.1. The molecule has 1 aromatic heterocycles. The first kappa shape index (κ1) is 65.8. The number of hydrogen-bond acceptors (Lipinski definition) is 18. The number of hydrogen-bond donors (Lipinski definition) is 0. The zero-order valence-corrected chi connectivity index (χ0v) is 50.8. The monoisotopic (exact) mass is 1240 g/mol. The number of nitrogens with zero attached hydrogens (tertiary/aromatic N) is 3. The van der Waals surface area contributed by atoms with Gasteiger partial charge in [-0.3, -0.25) is 19.2 Å². The molecule has 6 aromatic rings. The van der Waals surface area contributed by atoms with Gasteiger partial charge in [-0.15, -0.1) is 6.42 Å². The molecule has 0 atom stereocenters. The topological polar surface area (TPSA) is 205 Å². The molecule has 2 aliphatic rings. The predicted molar refractivity (Wildman–Crippen MR) is 355 cm³/mol. The summed E-state index contributed by atoms with van der Waals surface area (Å²) < 4.78 is 46.8. The standard InChI is InChI=1S/C72H69N3O14S.6H2/c1-4-7-8-9-10-19-44-75(72-74-62-26-17-18-27-64(62)90-72)73-50-55-49-63(88-70(80)53-32-28-51(29-33-53)68(78)86-58-40-36-56(37-41-58)82-45-20-11-13-22-47-84-65(76)5-2)60-24-15-16-25-61(60)67(55)89-71(81)54-34-30-52(31-35-54)69(79)87-59-42-38-57(39-43-59)83-46-21-12-14-23-48-85-66(77)6-3;;;;;;/h1,5-6,15-18,24-27,36-43,49-54H,2-3,11-14,20-23,28-35,45-48H2;6*1H/b73-50+;;;;;;. The number of esters is 6. The maximum Gasteiger partial charge on any atom is 0.330 e. The minimum atomic E-state index is -0.558. The molecule has 1 heterocycles. The number of rotatable bonds is 29. The fraction of sp³-hybridized carbons (Fsp3) is 0.333. The van der Waals surface area contributed by atoms with Gasteiger partial charge in [0.15, 0.2) is 0 Å². The highest BCUT2D eigenvalue weighted by Crippen LogP contribution is 2.40. The summed E-state index contributed by atoms with van der Waals surface area (Å²) in [6.07, 6.45) is 18.9. The van der Waals surface area contributed by atoms with E-state index in [1.165, 1.54) is 22.6 Å². The average molecular weight is 1240 g/mol. The van der Waals surface area contributed by atoms with Crippen LogP contribution in [-0.4, -0.2) is 73.4 Å². The van der Waals surface area contributed by atoms with Gasteiger partial charge in [-0.25, -0.2) is 14.6 Å². The van der Waals surface area contributed by atoms with Crippen molar-refractivity contribution in [2.75, 3.05) is 31.4 Å². The summed E-state index contributed by atoms with van der Waals surface area (Å²) in [6.45, 7) is 8.53. The Hall–Kier alpha value is -10.1. The number of benzene rings is 5. The Kier molecular flexibility index (Phi) is 25.6. The molecular weight excluding hydrogens is 1160 g/mol. The van der Waals surface area contributed by atoms with Crippen molar-refractivity contribution in [2.45, 2.75) is 103 Å². The highest BCUT2D eigenvalue weighted by molar-refractivity contribution is 7.22. The Bertz CT molecular complexity index is 3780. The summed E-state index contributed by atoms with van der Waals surface area (Å²) in [5.74, 6) is 13.0. The van der Waals surface area contributed by atoms with Gasteiger partial charge in [0.05, 0.1) is 72.6 Å². The lowest BCUT2D eigenvalue weighted by Gasteiger charge is -2.27. The number of carbonyl (C=O) groups excluding carboxylic acids is 6. The molecule has 0 unspecified atom stereocenters. The third-order valence-electron chi connectivity index (χ3n) is 15.0. The van der Waals surface area contributed by atoms with Gasteiger partial charge >= 0.3 is 35.8 Å². The lowest BCUT2D eigenvalue weighted by molar-refractivity contribution is -0.145. The summed E-state index contributed by atoms with van der Waals surface area (Å²) in [5, 5.41) is 7.48. The number of unbranched alkanes of at least 4 members (excludes halogenated alkanes) is 6. The largest absolute Gasteiger partial charge is 0.494 e. The molecule has 0 saturated heterocycles. The Labute approximate surface area is 537 Å². The van der Waals surface area contributed by atoms with E-state index in [-0.39, 0.29) is 37.6 Å². The van der Waals surface area contributed by atoms with Gasteiger partial charge in [0.25, 0.3) is 0 Å². The Morgan fingerprint density at radius 1 is 0.544 bits per heavy atom. The van der Waals surface area contributed by atoms with E-state index in [1.54, 1.807) is 78.9 Å². The van der Waals surface area contributed by atoms with E-state index in [0.717, 1.165) is 73.7 Å². The molecule has 18 heteroatoms. The van der Waals surface area contributed by atoms with Gasteiger partial charge in [-0.2, -0.15) is 10.1 Å². The third-order valence-corrected chi connectivity index (χ3v) is 16.0. The number of terminal acetylenes is 1. The van der Waals surface area contributed by atoms with Crippen LogP contribution in [0.4, 0.5) is 5.13 Å². The number of hydrazone groups is 1. The second kappa shape index (κ2) is 35.0. The molecule has 5 aromatic carbocycles. The predicted octanol–water partition coefficient (Wildman–Crippen LogP) is 14.3. The van der Waals surface area contributed by atoms with Crippen molar-refractivity contribution >= 4 is 79.5 Å². The smallest absolute Gasteiger partial charge is 0.330 e. The van der Waals surface area contributed by atoms with Crippen molar-refractivity contribution < 1.29 is 75.2 Å². The van der Waals surface area contributed by atoms with E-state index in [2.05, 4.69) is 54.7 Å². The maximum atomic E-state index is 14.4. The Morgan fingerprint density at radius 3 is 1.50 bits per heavy atom. The van der Waals surface area contributed by atoms with E-state index < -0.39 is 47.5 Å². The van der Waals surface area contributed by atoms with Crippen LogP contribution in [0.3, 0.4) is 0 Å². The fourth-order valence-electron chi connectivity index (χ4n) is 10.1. The van der Waals surface area contributed by atoms with Gasteiger partial charge in [-0.1, -0.05) is 60.9 Å². The van der Waals surface area contributed by atoms with Crippen LogP contribution >= 0.6 is 11.3 Å². The van der Waals surface area contributed by atoms with Crippen LogP contribution in [0.2, 0.25) is 0 Å². The van der Waals surface area contributed by atoms with E-state index in [0.29, 0.717) is 117 Å². The molecule has 90 heavy (non-hydrogen) atoms. The van der Waals surface area contributed by atoms with E-state index >= 15 is 0 Å². The van der Waals surface area contributed by atoms with Crippen LogP contribution in [0.5, 0.6) is 34.5 Å². The van der Waals surface area contributed by atoms with Crippen LogP contribution in [-0.2, 0) is 38.2 Å². The second-order valence-electron chi connectivity index (χ2n) is 21.2. The van der Waals surface area contributed by atoms with Crippen LogP contribution in [0.1, 0.15) is 117 Å². The SMILES string of the molecule is C#CC#CC#CC#CN(/N=C/c1cc(OC(=O)C2CCC(C(=O)Oc3ccc(OCCCCCCOC(=O)C=C)cc3)CC2)c2ccccc2c1OC(=O)C1CCC(C(=O)Oc2ccc(OCCCCCCOC(=O)C=C)cc2)CC1)c1nc2ccccc2s1.[HH].[HH].[HH].[HH].[HH].[HH]. The number of thiazole rings is 1. The molecule has 2 saturated carbocycles. The first-order chi connectivity index (χ1) is 44.0. The summed E-state index contributed by atoms with van der Waals surface area (Å²) >= 11 is 1.34. The van der Waals surface area contributed by atoms with Gasteiger partial charge in [0, 0.05) is 54.8 Å². The second-order valence-corrected chi connectivity index (χ2v) is 22.2. The molecule has 8 rings (SSSR count). The lowest BCUT2D eigenvalue weighted by atomic mass is 9.82. The molecule has 0 N–H and O–H groups in total. The zero-order chi connectivity index (χ0) is 63.3. The molecule has 0 amide bonds. The normalized spacial score (nSPS) is 15.8. The number of anilines is 1. The summed E-state index contributed by atoms with van der Waals surface area (Å²) in [4.78, 5) is 82.6. The lowest BCUT2D eigenvalue weighted by Crippen LogP contribution is -2.31. The molecule has 474 valence electrons. The number of carbonyl (C=O) groups is 6. The van der Waals surface area contributed by atoms with Crippen molar-refractivity contribution in [3.8, 4) is 82.5 Å². The van der Waals surface area contributed by atoms with Gasteiger partial charge in [-0.05, 0) is 187 Å². The van der Waals surface area contributed by atoms with Crippen molar-refractivity contribution in [3.05, 3.63) is 134 Å². The highest BCUT2D eigenvalue weighted by atomic mass is 32.1. The number of fused-ring (bicyclic) bond motifs is 2.